The van der Waals surface area contributed by atoms with E-state index in [0.29, 0.717) is 42.5 Å². The maximum absolute atomic E-state index is 8.81. The summed E-state index contributed by atoms with van der Waals surface area (Å²) in [5.41, 5.74) is 0.783. The topological polar surface area (TPSA) is 74.8 Å². The fourth-order valence-corrected chi connectivity index (χ4v) is 1.75. The predicted molar refractivity (Wildman–Crippen MR) is 78.0 cm³/mol. The van der Waals surface area contributed by atoms with Crippen molar-refractivity contribution in [1.29, 1.82) is 10.8 Å². The molecule has 0 radical (unpaired) electrons. The van der Waals surface area contributed by atoms with Crippen molar-refractivity contribution in [3.05, 3.63) is 58.5 Å². The Balaban J connectivity index is 1.78. The first-order valence-corrected chi connectivity index (χ1v) is 6.49. The van der Waals surface area contributed by atoms with Crippen LogP contribution in [0, 0.1) is 10.8 Å². The van der Waals surface area contributed by atoms with Gasteiger partial charge >= 0.3 is 11.4 Å². The zero-order valence-corrected chi connectivity index (χ0v) is 11.3. The summed E-state index contributed by atoms with van der Waals surface area (Å²) in [6.07, 6.45) is 0.638. The summed E-state index contributed by atoms with van der Waals surface area (Å²) in [6.45, 7) is 0.843. The van der Waals surface area contributed by atoms with Gasteiger partial charge in [-0.25, -0.2) is 0 Å². The molecule has 0 spiro atoms. The van der Waals surface area contributed by atoms with Gasteiger partial charge in [-0.2, -0.15) is 0 Å². The maximum Gasteiger partial charge on any atom is 0.426 e. The fraction of sp³-hybridized carbons (Fsp3) is 0.200. The second-order valence-electron chi connectivity index (χ2n) is 4.19. The van der Waals surface area contributed by atoms with Gasteiger partial charge in [0.05, 0.1) is 13.2 Å². The van der Waals surface area contributed by atoms with Crippen LogP contribution in [0.5, 0.6) is 11.5 Å². The third-order valence-corrected chi connectivity index (χ3v) is 2.75. The fourth-order valence-electron chi connectivity index (χ4n) is 1.75. The highest BCUT2D eigenvalue weighted by atomic mass is 16.5. The molecular weight excluding hydrogens is 268 g/mol. The number of hydrogen-bond donors (Lipinski definition) is 0. The van der Waals surface area contributed by atoms with Crippen LogP contribution in [0.4, 0.5) is 11.4 Å². The normalized spacial score (nSPS) is 9.43. The highest BCUT2D eigenvalue weighted by molar-refractivity contribution is 5.57. The molecule has 2 aromatic carbocycles. The minimum absolute atomic E-state index is 0.392. The van der Waals surface area contributed by atoms with Crippen molar-refractivity contribution < 1.29 is 9.47 Å². The van der Waals surface area contributed by atoms with Crippen molar-refractivity contribution in [2.75, 3.05) is 13.2 Å². The first kappa shape index (κ1) is 14.3. The molecule has 0 heterocycles. The lowest BCUT2D eigenvalue weighted by Gasteiger charge is -2.05. The number of rotatable bonds is 6. The average molecular weight is 282 g/mol. The molecule has 104 valence electrons. The molecule has 0 saturated heterocycles. The molecule has 0 unspecified atom stereocenters. The summed E-state index contributed by atoms with van der Waals surface area (Å²) in [7, 11) is 0. The van der Waals surface area contributed by atoms with Crippen molar-refractivity contribution in [2.24, 2.45) is 0 Å². The zero-order chi connectivity index (χ0) is 14.9. The van der Waals surface area contributed by atoms with E-state index >= 15 is 0 Å². The summed E-state index contributed by atoms with van der Waals surface area (Å²) in [5.74, 6) is 1.04. The average Bonchev–Trinajstić information content (AvgIpc) is 2.55. The molecule has 21 heavy (non-hydrogen) atoms. The Labute approximate surface area is 122 Å². The van der Waals surface area contributed by atoms with Gasteiger partial charge in [0, 0.05) is 18.6 Å². The van der Waals surface area contributed by atoms with E-state index in [1.807, 2.05) is 0 Å². The molecule has 0 saturated carbocycles. The molecule has 0 amide bonds. The van der Waals surface area contributed by atoms with Crippen LogP contribution >= 0.6 is 0 Å². The summed E-state index contributed by atoms with van der Waals surface area (Å²) in [5, 5.41) is 17.6. The highest BCUT2D eigenvalue weighted by Gasteiger charge is 2.14. The van der Waals surface area contributed by atoms with Crippen molar-refractivity contribution in [2.45, 2.75) is 6.42 Å². The van der Waals surface area contributed by atoms with Gasteiger partial charge in [0.2, 0.25) is 22.3 Å². The van der Waals surface area contributed by atoms with Gasteiger partial charge in [-0.3, -0.25) is 0 Å². The van der Waals surface area contributed by atoms with Gasteiger partial charge in [-0.15, -0.1) is 0 Å². The summed E-state index contributed by atoms with van der Waals surface area (Å²) in [4.78, 5) is 6.29. The SMILES string of the molecule is N#[N+]c1ccccc1OCCCOc1ccccc1[N+]#N. The van der Waals surface area contributed by atoms with Crippen LogP contribution in [0.25, 0.3) is 9.95 Å². The Kier molecular flexibility index (Phi) is 5.08. The van der Waals surface area contributed by atoms with Crippen molar-refractivity contribution >= 4 is 11.4 Å². The lowest BCUT2D eigenvalue weighted by atomic mass is 10.3. The number of ether oxygens (including phenoxy) is 2. The first-order valence-electron chi connectivity index (χ1n) is 6.49. The smallest absolute Gasteiger partial charge is 0.426 e. The van der Waals surface area contributed by atoms with Crippen molar-refractivity contribution in [3.63, 3.8) is 0 Å². The first-order chi connectivity index (χ1) is 10.3. The minimum Gasteiger partial charge on any atom is -0.486 e. The second kappa shape index (κ2) is 7.46. The van der Waals surface area contributed by atoms with Crippen LogP contribution in [0.15, 0.2) is 48.5 Å². The van der Waals surface area contributed by atoms with Crippen molar-refractivity contribution in [3.8, 4) is 11.5 Å². The van der Waals surface area contributed by atoms with Gasteiger partial charge in [0.15, 0.2) is 9.95 Å². The Morgan fingerprint density at radius 2 is 1.14 bits per heavy atom. The molecule has 0 aliphatic rings. The molecular formula is C15H14N4O2+2. The Morgan fingerprint density at radius 1 is 0.714 bits per heavy atom. The molecule has 6 heteroatoms. The van der Waals surface area contributed by atoms with Gasteiger partial charge in [0.25, 0.3) is 0 Å². The second-order valence-corrected chi connectivity index (χ2v) is 4.19. The van der Waals surface area contributed by atoms with E-state index in [0.717, 1.165) is 0 Å². The van der Waals surface area contributed by atoms with Gasteiger partial charge < -0.3 is 9.47 Å². The predicted octanol–water partition coefficient (Wildman–Crippen LogP) is 4.50. The van der Waals surface area contributed by atoms with Crippen LogP contribution in [0.3, 0.4) is 0 Å². The van der Waals surface area contributed by atoms with E-state index in [1.54, 1.807) is 48.5 Å². The van der Waals surface area contributed by atoms with Crippen LogP contribution in [0.1, 0.15) is 6.42 Å². The lowest BCUT2D eigenvalue weighted by molar-refractivity contribution is 0.249. The zero-order valence-electron chi connectivity index (χ0n) is 11.3. The largest absolute Gasteiger partial charge is 0.486 e. The van der Waals surface area contributed by atoms with E-state index in [2.05, 4.69) is 9.95 Å². The molecule has 2 rings (SSSR count). The Bertz CT molecular complexity index is 629. The van der Waals surface area contributed by atoms with E-state index in [1.165, 1.54) is 0 Å². The number of para-hydroxylation sites is 2. The number of nitrogens with zero attached hydrogens (tertiary/aromatic N) is 4. The standard InChI is InChI=1S/C15H14N4O2/c16-18-12-6-1-3-8-14(12)20-10-5-11-21-15-9-4-2-7-13(15)19-17/h1-4,6-9H,5,10-11H2/q+2. The van der Waals surface area contributed by atoms with Crippen molar-refractivity contribution in [1.82, 2.24) is 0 Å². The molecule has 0 aromatic heterocycles. The number of benzene rings is 2. The third kappa shape index (κ3) is 3.92. The summed E-state index contributed by atoms with van der Waals surface area (Å²) in [6, 6.07) is 13.9. The van der Waals surface area contributed by atoms with Crippen LogP contribution in [0.2, 0.25) is 0 Å². The molecule has 0 fully saturated rings. The lowest BCUT2D eigenvalue weighted by Crippen LogP contribution is -2.05. The van der Waals surface area contributed by atoms with Gasteiger partial charge in [-0.1, -0.05) is 24.3 Å². The molecule has 2 aromatic rings. The molecule has 0 aliphatic carbocycles. The van der Waals surface area contributed by atoms with E-state index in [4.69, 9.17) is 20.3 Å². The van der Waals surface area contributed by atoms with Gasteiger partial charge in [0.1, 0.15) is 0 Å². The molecule has 0 N–H and O–H groups in total. The third-order valence-electron chi connectivity index (χ3n) is 2.75. The minimum atomic E-state index is 0.392. The monoisotopic (exact) mass is 282 g/mol. The Hall–Kier alpha value is -3.12. The molecule has 6 nitrogen and oxygen atoms in total. The van der Waals surface area contributed by atoms with Gasteiger partial charge in [-0.05, 0) is 12.1 Å². The van der Waals surface area contributed by atoms with E-state index in [-0.39, 0.29) is 0 Å². The van der Waals surface area contributed by atoms with Crippen LogP contribution < -0.4 is 9.47 Å². The van der Waals surface area contributed by atoms with E-state index < -0.39 is 0 Å². The van der Waals surface area contributed by atoms with Crippen LogP contribution in [-0.2, 0) is 0 Å². The number of hydrogen-bond acceptors (Lipinski definition) is 4. The summed E-state index contributed by atoms with van der Waals surface area (Å²) < 4.78 is 11.0. The summed E-state index contributed by atoms with van der Waals surface area (Å²) >= 11 is 0. The number of diazo groups is 2. The molecule has 0 atom stereocenters. The maximum atomic E-state index is 8.81. The van der Waals surface area contributed by atoms with Crippen LogP contribution in [-0.4, -0.2) is 13.2 Å². The van der Waals surface area contributed by atoms with E-state index in [9.17, 15) is 0 Å². The highest BCUT2D eigenvalue weighted by Crippen LogP contribution is 2.27. The molecule has 0 bridgehead atoms. The molecule has 0 aliphatic heterocycles. The quantitative estimate of drug-likeness (QED) is 0.577. The Morgan fingerprint density at radius 3 is 1.57 bits per heavy atom.